The quantitative estimate of drug-likeness (QED) is 0.539. The molecule has 2 aromatic carbocycles. The topological polar surface area (TPSA) is 108 Å². The number of hydrogen-bond donors (Lipinski definition) is 3. The van der Waals surface area contributed by atoms with E-state index in [4.69, 9.17) is 4.74 Å². The maximum Gasteiger partial charge on any atom is 0.407 e. The van der Waals surface area contributed by atoms with Crippen molar-refractivity contribution in [2.24, 2.45) is 5.92 Å². The number of aliphatic carboxylic acids is 1. The van der Waals surface area contributed by atoms with Gasteiger partial charge in [0.15, 0.2) is 0 Å². The van der Waals surface area contributed by atoms with Crippen molar-refractivity contribution in [3.63, 3.8) is 0 Å². The SMILES string of the molecule is CC(C)C(NC(=O)OCC1c2ccccc2-c2ccccc21)C(=O)N[C@@H](CN(C)C)C(=O)O. The van der Waals surface area contributed by atoms with E-state index >= 15 is 0 Å². The minimum atomic E-state index is -1.14. The van der Waals surface area contributed by atoms with Crippen LogP contribution in [0.15, 0.2) is 48.5 Å². The lowest BCUT2D eigenvalue weighted by Crippen LogP contribution is -2.55. The number of fused-ring (bicyclic) bond motifs is 3. The normalized spacial score (nSPS) is 14.4. The molecule has 0 saturated carbocycles. The molecule has 0 aromatic heterocycles. The molecule has 1 unspecified atom stereocenters. The Bertz CT molecular complexity index is 975. The monoisotopic (exact) mass is 453 g/mol. The highest BCUT2D eigenvalue weighted by Gasteiger charge is 2.31. The minimum Gasteiger partial charge on any atom is -0.480 e. The average Bonchev–Trinajstić information content (AvgIpc) is 3.08. The van der Waals surface area contributed by atoms with Crippen molar-refractivity contribution in [2.75, 3.05) is 27.2 Å². The summed E-state index contributed by atoms with van der Waals surface area (Å²) in [5, 5.41) is 14.5. The molecule has 0 spiro atoms. The number of likely N-dealkylation sites (N-methyl/N-ethyl adjacent to an activating group) is 1. The van der Waals surface area contributed by atoms with Gasteiger partial charge in [-0.3, -0.25) is 4.79 Å². The number of nitrogens with zero attached hydrogens (tertiary/aromatic N) is 1. The van der Waals surface area contributed by atoms with Gasteiger partial charge in [-0.15, -0.1) is 0 Å². The standard InChI is InChI=1S/C25H31N3O5/c1-15(2)22(23(29)26-21(24(30)31)13-28(3)4)27-25(32)33-14-20-18-11-7-5-9-16(18)17-10-6-8-12-19(17)20/h5-12,15,20-22H,13-14H2,1-4H3,(H,26,29)(H,27,32)(H,30,31)/t21-,22?/m0/s1. The molecular weight excluding hydrogens is 422 g/mol. The first kappa shape index (κ1) is 24.3. The lowest BCUT2D eigenvalue weighted by atomic mass is 9.98. The number of rotatable bonds is 9. The highest BCUT2D eigenvalue weighted by Crippen LogP contribution is 2.44. The summed E-state index contributed by atoms with van der Waals surface area (Å²) >= 11 is 0. The van der Waals surface area contributed by atoms with Crippen molar-refractivity contribution in [1.82, 2.24) is 15.5 Å². The molecule has 2 atom stereocenters. The Labute approximate surface area is 193 Å². The number of carbonyl (C=O) groups excluding carboxylic acids is 2. The fourth-order valence-electron chi connectivity index (χ4n) is 4.11. The molecule has 0 saturated heterocycles. The summed E-state index contributed by atoms with van der Waals surface area (Å²) < 4.78 is 5.53. The van der Waals surface area contributed by atoms with E-state index in [9.17, 15) is 19.5 Å². The molecule has 3 N–H and O–H groups in total. The second-order valence-electron chi connectivity index (χ2n) is 8.85. The van der Waals surface area contributed by atoms with E-state index in [1.807, 2.05) is 36.4 Å². The molecule has 2 amide bonds. The molecule has 0 radical (unpaired) electrons. The summed E-state index contributed by atoms with van der Waals surface area (Å²) in [5.74, 6) is -2.06. The van der Waals surface area contributed by atoms with E-state index in [0.29, 0.717) is 0 Å². The molecule has 8 nitrogen and oxygen atoms in total. The Morgan fingerprint density at radius 3 is 2.00 bits per heavy atom. The van der Waals surface area contributed by atoms with Crippen molar-refractivity contribution in [2.45, 2.75) is 31.8 Å². The van der Waals surface area contributed by atoms with Crippen LogP contribution >= 0.6 is 0 Å². The number of amides is 2. The summed E-state index contributed by atoms with van der Waals surface area (Å²) in [5.41, 5.74) is 4.44. The van der Waals surface area contributed by atoms with Gasteiger partial charge in [-0.2, -0.15) is 0 Å². The van der Waals surface area contributed by atoms with Gasteiger partial charge in [-0.05, 0) is 42.3 Å². The molecule has 0 aliphatic heterocycles. The van der Waals surface area contributed by atoms with Gasteiger partial charge in [0.2, 0.25) is 5.91 Å². The Kier molecular flexibility index (Phi) is 7.71. The fourth-order valence-corrected chi connectivity index (χ4v) is 4.11. The number of nitrogens with one attached hydrogen (secondary N) is 2. The molecule has 2 aromatic rings. The third-order valence-electron chi connectivity index (χ3n) is 5.73. The third-order valence-corrected chi connectivity index (χ3v) is 5.73. The van der Waals surface area contributed by atoms with Crippen molar-refractivity contribution in [1.29, 1.82) is 0 Å². The van der Waals surface area contributed by atoms with Crippen molar-refractivity contribution < 1.29 is 24.2 Å². The van der Waals surface area contributed by atoms with Gasteiger partial charge in [0, 0.05) is 12.5 Å². The predicted octanol–water partition coefficient (Wildman–Crippen LogP) is 2.68. The van der Waals surface area contributed by atoms with Crippen LogP contribution in [-0.4, -0.2) is 67.3 Å². The highest BCUT2D eigenvalue weighted by molar-refractivity contribution is 5.89. The number of carbonyl (C=O) groups is 3. The molecule has 0 bridgehead atoms. The van der Waals surface area contributed by atoms with Crippen molar-refractivity contribution in [3.05, 3.63) is 59.7 Å². The summed E-state index contributed by atoms with van der Waals surface area (Å²) in [6, 6.07) is 14.1. The van der Waals surface area contributed by atoms with Gasteiger partial charge < -0.3 is 25.4 Å². The molecule has 1 aliphatic carbocycles. The molecule has 0 fully saturated rings. The van der Waals surface area contributed by atoms with E-state index in [0.717, 1.165) is 22.3 Å². The Morgan fingerprint density at radius 1 is 0.970 bits per heavy atom. The van der Waals surface area contributed by atoms with Gasteiger partial charge >= 0.3 is 12.1 Å². The van der Waals surface area contributed by atoms with E-state index in [2.05, 4.69) is 22.8 Å². The third kappa shape index (κ3) is 5.70. The van der Waals surface area contributed by atoms with Gasteiger partial charge in [0.1, 0.15) is 18.7 Å². The average molecular weight is 454 g/mol. The molecule has 3 rings (SSSR count). The lowest BCUT2D eigenvalue weighted by Gasteiger charge is -2.25. The van der Waals surface area contributed by atoms with Crippen LogP contribution in [0.1, 0.15) is 30.9 Å². The first-order valence-corrected chi connectivity index (χ1v) is 11.0. The molecule has 176 valence electrons. The summed E-state index contributed by atoms with van der Waals surface area (Å²) in [6.07, 6.45) is -0.717. The maximum atomic E-state index is 12.7. The highest BCUT2D eigenvalue weighted by atomic mass is 16.5. The van der Waals surface area contributed by atoms with Gasteiger partial charge in [-0.25, -0.2) is 9.59 Å². The second-order valence-corrected chi connectivity index (χ2v) is 8.85. The predicted molar refractivity (Wildman–Crippen MR) is 125 cm³/mol. The summed E-state index contributed by atoms with van der Waals surface area (Å²) in [6.45, 7) is 3.81. The molecule has 8 heteroatoms. The Hall–Kier alpha value is -3.39. The zero-order valence-corrected chi connectivity index (χ0v) is 19.4. The molecule has 33 heavy (non-hydrogen) atoms. The van der Waals surface area contributed by atoms with Gasteiger partial charge in [0.05, 0.1) is 0 Å². The minimum absolute atomic E-state index is 0.0917. The number of carboxylic acid groups (broad SMARTS) is 1. The zero-order valence-electron chi connectivity index (χ0n) is 19.4. The van der Waals surface area contributed by atoms with Crippen LogP contribution in [-0.2, 0) is 14.3 Å². The van der Waals surface area contributed by atoms with Crippen LogP contribution in [0.4, 0.5) is 4.79 Å². The van der Waals surface area contributed by atoms with Crippen LogP contribution in [0.2, 0.25) is 0 Å². The fraction of sp³-hybridized carbons (Fsp3) is 0.400. The smallest absolute Gasteiger partial charge is 0.407 e. The van der Waals surface area contributed by atoms with Crippen LogP contribution in [0, 0.1) is 5.92 Å². The van der Waals surface area contributed by atoms with E-state index in [1.165, 1.54) is 0 Å². The number of hydrogen-bond acceptors (Lipinski definition) is 5. The van der Waals surface area contributed by atoms with E-state index in [1.54, 1.807) is 32.8 Å². The van der Waals surface area contributed by atoms with E-state index < -0.39 is 30.1 Å². The molecule has 1 aliphatic rings. The first-order valence-electron chi connectivity index (χ1n) is 11.0. The van der Waals surface area contributed by atoms with Crippen molar-refractivity contribution in [3.8, 4) is 11.1 Å². The lowest BCUT2D eigenvalue weighted by molar-refractivity contribution is -0.142. The number of carboxylic acids is 1. The number of benzene rings is 2. The number of ether oxygens (including phenoxy) is 1. The first-order chi connectivity index (χ1) is 15.7. The largest absolute Gasteiger partial charge is 0.480 e. The van der Waals surface area contributed by atoms with Gasteiger partial charge in [-0.1, -0.05) is 62.4 Å². The van der Waals surface area contributed by atoms with Crippen LogP contribution in [0.25, 0.3) is 11.1 Å². The number of alkyl carbamates (subject to hydrolysis) is 1. The zero-order chi connectivity index (χ0) is 24.1. The molecular formula is C25H31N3O5. The van der Waals surface area contributed by atoms with Crippen LogP contribution in [0.5, 0.6) is 0 Å². The van der Waals surface area contributed by atoms with E-state index in [-0.39, 0.29) is 25.0 Å². The Morgan fingerprint density at radius 2 is 1.52 bits per heavy atom. The molecule has 0 heterocycles. The van der Waals surface area contributed by atoms with Crippen LogP contribution < -0.4 is 10.6 Å². The maximum absolute atomic E-state index is 12.7. The summed E-state index contributed by atoms with van der Waals surface area (Å²) in [4.78, 5) is 38.5. The second kappa shape index (κ2) is 10.5. The van der Waals surface area contributed by atoms with Crippen molar-refractivity contribution >= 4 is 18.0 Å². The summed E-state index contributed by atoms with van der Waals surface area (Å²) in [7, 11) is 3.44. The van der Waals surface area contributed by atoms with Crippen LogP contribution in [0.3, 0.4) is 0 Å². The van der Waals surface area contributed by atoms with Gasteiger partial charge in [0.25, 0.3) is 0 Å². The Balaban J connectivity index is 1.65.